The summed E-state index contributed by atoms with van der Waals surface area (Å²) >= 11 is 0. The Labute approximate surface area is 98.4 Å². The molecule has 0 aliphatic heterocycles. The molecule has 1 saturated carbocycles. The van der Waals surface area contributed by atoms with Gasteiger partial charge in [-0.25, -0.2) is 0 Å². The molecular formula is C14H20O2. The van der Waals surface area contributed by atoms with Crippen molar-refractivity contribution in [2.45, 2.75) is 38.7 Å². The molecule has 1 aliphatic carbocycles. The third-order valence-corrected chi connectivity index (χ3v) is 3.03. The predicted octanol–water partition coefficient (Wildman–Crippen LogP) is 1.83. The lowest BCUT2D eigenvalue weighted by molar-refractivity contribution is 0.145. The van der Waals surface area contributed by atoms with Gasteiger partial charge in [0.05, 0.1) is 0 Å². The number of hydrogen-bond donors (Lipinski definition) is 1. The normalized spacial score (nSPS) is 25.2. The molecule has 0 spiro atoms. The molecule has 0 radical (unpaired) electrons. The summed E-state index contributed by atoms with van der Waals surface area (Å²) in [7, 11) is 1.67. The van der Waals surface area contributed by atoms with Gasteiger partial charge in [-0.3, -0.25) is 0 Å². The maximum Gasteiger partial charge on any atom is 0.118 e. The highest BCUT2D eigenvalue weighted by Gasteiger charge is 2.22. The molecule has 3 atom stereocenters. The molecule has 1 N–H and O–H groups in total. The first-order chi connectivity index (χ1) is 7.80. The zero-order valence-electron chi connectivity index (χ0n) is 10.1. The van der Waals surface area contributed by atoms with E-state index in [9.17, 15) is 0 Å². The molecule has 3 unspecified atom stereocenters. The van der Waals surface area contributed by atoms with Gasteiger partial charge >= 0.3 is 0 Å². The molecule has 0 aromatic heterocycles. The molecule has 0 amide bonds. The van der Waals surface area contributed by atoms with Crippen LogP contribution in [0, 0.1) is 35.5 Å². The van der Waals surface area contributed by atoms with E-state index in [0.29, 0.717) is 18.4 Å². The highest BCUT2D eigenvalue weighted by molar-refractivity contribution is 5.28. The minimum atomic E-state index is 0.00284. The summed E-state index contributed by atoms with van der Waals surface area (Å²) in [5, 5.41) is 9.00. The fourth-order valence-electron chi connectivity index (χ4n) is 1.95. The van der Waals surface area contributed by atoms with E-state index in [4.69, 9.17) is 9.84 Å². The molecule has 0 saturated heterocycles. The lowest BCUT2D eigenvalue weighted by atomic mass is 10.1. The molecule has 0 bridgehead atoms. The molecule has 0 aromatic carbocycles. The van der Waals surface area contributed by atoms with E-state index in [1.807, 2.05) is 6.92 Å². The minimum Gasteiger partial charge on any atom is -0.396 e. The quantitative estimate of drug-likeness (QED) is 0.735. The van der Waals surface area contributed by atoms with Crippen LogP contribution in [0.4, 0.5) is 0 Å². The first-order valence-corrected chi connectivity index (χ1v) is 5.94. The van der Waals surface area contributed by atoms with Crippen LogP contribution < -0.4 is 0 Å². The van der Waals surface area contributed by atoms with Crippen LogP contribution >= 0.6 is 0 Å². The van der Waals surface area contributed by atoms with Crippen LogP contribution in [0.25, 0.3) is 0 Å². The Morgan fingerprint density at radius 2 is 2.19 bits per heavy atom. The number of aliphatic hydroxyl groups is 1. The highest BCUT2D eigenvalue weighted by atomic mass is 16.5. The van der Waals surface area contributed by atoms with Crippen molar-refractivity contribution in [3.8, 4) is 23.7 Å². The second kappa shape index (κ2) is 7.34. The summed E-state index contributed by atoms with van der Waals surface area (Å²) in [6, 6.07) is 0. The second-order valence-corrected chi connectivity index (χ2v) is 4.23. The number of methoxy groups -OCH3 is 1. The molecule has 2 nitrogen and oxygen atoms in total. The van der Waals surface area contributed by atoms with E-state index < -0.39 is 0 Å². The summed E-state index contributed by atoms with van der Waals surface area (Å²) in [5.74, 6) is 12.8. The largest absolute Gasteiger partial charge is 0.396 e. The van der Waals surface area contributed by atoms with Crippen LogP contribution in [0.2, 0.25) is 0 Å². The Bertz CT molecular complexity index is 309. The van der Waals surface area contributed by atoms with Gasteiger partial charge in [0.25, 0.3) is 0 Å². The number of aliphatic hydroxyl groups excluding tert-OH is 1. The van der Waals surface area contributed by atoms with Crippen LogP contribution in [0.3, 0.4) is 0 Å². The van der Waals surface area contributed by atoms with Gasteiger partial charge < -0.3 is 9.84 Å². The Morgan fingerprint density at radius 3 is 2.75 bits per heavy atom. The Kier molecular flexibility index (Phi) is 6.01. The van der Waals surface area contributed by atoms with Crippen LogP contribution in [0.5, 0.6) is 0 Å². The molecule has 1 rings (SSSR count). The summed E-state index contributed by atoms with van der Waals surface area (Å²) in [5.41, 5.74) is 0. The van der Waals surface area contributed by atoms with Crippen LogP contribution in [-0.4, -0.2) is 24.9 Å². The number of hydrogen-bond acceptors (Lipinski definition) is 2. The summed E-state index contributed by atoms with van der Waals surface area (Å²) in [4.78, 5) is 0. The predicted molar refractivity (Wildman–Crippen MR) is 64.6 cm³/mol. The molecule has 16 heavy (non-hydrogen) atoms. The maximum absolute atomic E-state index is 9.00. The summed E-state index contributed by atoms with van der Waals surface area (Å²) in [6.07, 6.45) is 4.11. The van der Waals surface area contributed by atoms with E-state index in [0.717, 1.165) is 25.7 Å². The van der Waals surface area contributed by atoms with Crippen molar-refractivity contribution in [2.24, 2.45) is 11.8 Å². The fraction of sp³-hybridized carbons (Fsp3) is 0.714. The van der Waals surface area contributed by atoms with Crippen molar-refractivity contribution in [1.29, 1.82) is 0 Å². The molecular weight excluding hydrogens is 200 g/mol. The Balaban J connectivity index is 2.38. The third kappa shape index (κ3) is 4.27. The Hall–Kier alpha value is -0.960. The minimum absolute atomic E-state index is 0.00284. The standard InChI is InChI=1S/C14H20O2/c1-3-14(16-2)7-5-4-6-12-8-9-13(10-12)11-15/h12-15H,3,8-11H2,1-2H3. The van der Waals surface area contributed by atoms with E-state index >= 15 is 0 Å². The molecule has 0 heterocycles. The lowest BCUT2D eigenvalue weighted by Gasteiger charge is -2.02. The van der Waals surface area contributed by atoms with Crippen molar-refractivity contribution in [2.75, 3.05) is 13.7 Å². The molecule has 2 heteroatoms. The topological polar surface area (TPSA) is 29.5 Å². The molecule has 88 valence electrons. The zero-order valence-corrected chi connectivity index (χ0v) is 10.1. The summed E-state index contributed by atoms with van der Waals surface area (Å²) in [6.45, 7) is 2.34. The first-order valence-electron chi connectivity index (χ1n) is 5.94. The van der Waals surface area contributed by atoms with Gasteiger partial charge in [0.15, 0.2) is 0 Å². The van der Waals surface area contributed by atoms with Gasteiger partial charge in [-0.2, -0.15) is 0 Å². The fourth-order valence-corrected chi connectivity index (χ4v) is 1.95. The molecule has 1 fully saturated rings. The SMILES string of the molecule is CCC(C#CC#CC1CCC(CO)C1)OC. The van der Waals surface area contributed by atoms with Gasteiger partial charge in [-0.1, -0.05) is 18.8 Å². The third-order valence-electron chi connectivity index (χ3n) is 3.03. The van der Waals surface area contributed by atoms with Crippen molar-refractivity contribution in [1.82, 2.24) is 0 Å². The van der Waals surface area contributed by atoms with E-state index in [-0.39, 0.29) is 6.10 Å². The monoisotopic (exact) mass is 220 g/mol. The van der Waals surface area contributed by atoms with E-state index in [1.54, 1.807) is 7.11 Å². The molecule has 1 aliphatic rings. The van der Waals surface area contributed by atoms with Gasteiger partial charge in [0, 0.05) is 19.6 Å². The van der Waals surface area contributed by atoms with Crippen molar-refractivity contribution < 1.29 is 9.84 Å². The molecule has 0 aromatic rings. The van der Waals surface area contributed by atoms with E-state index in [2.05, 4.69) is 23.7 Å². The van der Waals surface area contributed by atoms with E-state index in [1.165, 1.54) is 0 Å². The van der Waals surface area contributed by atoms with Gasteiger partial charge in [-0.15, -0.1) is 0 Å². The van der Waals surface area contributed by atoms with Crippen molar-refractivity contribution >= 4 is 0 Å². The van der Waals surface area contributed by atoms with Crippen LogP contribution in [-0.2, 0) is 4.74 Å². The second-order valence-electron chi connectivity index (χ2n) is 4.23. The maximum atomic E-state index is 9.00. The van der Waals surface area contributed by atoms with Gasteiger partial charge in [0.1, 0.15) is 6.10 Å². The average molecular weight is 220 g/mol. The zero-order chi connectivity index (χ0) is 11.8. The average Bonchev–Trinajstić information content (AvgIpc) is 2.77. The highest BCUT2D eigenvalue weighted by Crippen LogP contribution is 2.29. The summed E-state index contributed by atoms with van der Waals surface area (Å²) < 4.78 is 5.13. The number of ether oxygens (including phenoxy) is 1. The number of rotatable bonds is 3. The Morgan fingerprint density at radius 1 is 1.38 bits per heavy atom. The van der Waals surface area contributed by atoms with Crippen LogP contribution in [0.1, 0.15) is 32.6 Å². The van der Waals surface area contributed by atoms with Crippen LogP contribution in [0.15, 0.2) is 0 Å². The lowest BCUT2D eigenvalue weighted by Crippen LogP contribution is -2.04. The van der Waals surface area contributed by atoms with Gasteiger partial charge in [-0.05, 0) is 43.4 Å². The smallest absolute Gasteiger partial charge is 0.118 e. The van der Waals surface area contributed by atoms with Crippen molar-refractivity contribution in [3.63, 3.8) is 0 Å². The van der Waals surface area contributed by atoms with Crippen molar-refractivity contribution in [3.05, 3.63) is 0 Å². The first kappa shape index (κ1) is 13.1. The van der Waals surface area contributed by atoms with Gasteiger partial charge in [0.2, 0.25) is 0 Å².